The molecule has 2 aromatic rings. The number of nitrogens with zero attached hydrogens (tertiary/aromatic N) is 3. The second-order valence-corrected chi connectivity index (χ2v) is 4.34. The summed E-state index contributed by atoms with van der Waals surface area (Å²) in [6.07, 6.45) is 0. The predicted molar refractivity (Wildman–Crippen MR) is 71.9 cm³/mol. The summed E-state index contributed by atoms with van der Waals surface area (Å²) in [4.78, 5) is 25.6. The number of amides is 2. The number of hydrogen-bond donors (Lipinski definition) is 1. The van der Waals surface area contributed by atoms with Crippen molar-refractivity contribution in [3.8, 4) is 11.1 Å². The van der Waals surface area contributed by atoms with Crippen molar-refractivity contribution in [3.05, 3.63) is 46.1 Å². The van der Waals surface area contributed by atoms with Crippen LogP contribution < -0.4 is 10.6 Å². The van der Waals surface area contributed by atoms with E-state index in [9.17, 15) is 14.9 Å². The summed E-state index contributed by atoms with van der Waals surface area (Å²) in [6, 6.07) is 7.52. The third-order valence-electron chi connectivity index (χ3n) is 3.03. The lowest BCUT2D eigenvalue weighted by Gasteiger charge is -2.07. The van der Waals surface area contributed by atoms with Crippen LogP contribution in [0.5, 0.6) is 0 Å². The molecule has 3 rings (SSSR count). The van der Waals surface area contributed by atoms with Gasteiger partial charge >= 0.3 is 6.03 Å². The molecule has 1 aromatic carbocycles. The van der Waals surface area contributed by atoms with Gasteiger partial charge in [0.2, 0.25) is 0 Å². The van der Waals surface area contributed by atoms with Crippen LogP contribution in [0.3, 0.4) is 0 Å². The fraction of sp³-hybridized carbons (Fsp3) is 0.0769. The fourth-order valence-electron chi connectivity index (χ4n) is 2.06. The number of rotatable bonds is 2. The van der Waals surface area contributed by atoms with Crippen LogP contribution in [0.1, 0.15) is 5.69 Å². The van der Waals surface area contributed by atoms with E-state index in [1.807, 2.05) is 0 Å². The van der Waals surface area contributed by atoms with E-state index in [4.69, 9.17) is 0 Å². The van der Waals surface area contributed by atoms with Gasteiger partial charge in [-0.1, -0.05) is 0 Å². The Morgan fingerprint density at radius 2 is 1.95 bits per heavy atom. The Labute approximate surface area is 113 Å². The highest BCUT2D eigenvalue weighted by molar-refractivity contribution is 6.01. The lowest BCUT2D eigenvalue weighted by molar-refractivity contribution is -0.384. The highest BCUT2D eigenvalue weighted by Crippen LogP contribution is 2.33. The summed E-state index contributed by atoms with van der Waals surface area (Å²) in [5.41, 5.74) is 2.89. The summed E-state index contributed by atoms with van der Waals surface area (Å²) in [7, 11) is 0. The van der Waals surface area contributed by atoms with Crippen molar-refractivity contribution in [2.24, 2.45) is 0 Å². The van der Waals surface area contributed by atoms with E-state index in [2.05, 4.69) is 15.6 Å². The normalized spacial score (nSPS) is 12.6. The maximum absolute atomic E-state index is 11.2. The van der Waals surface area contributed by atoms with Crippen LogP contribution in [0.15, 0.2) is 30.3 Å². The number of fused-ring (bicyclic) bond motifs is 1. The Morgan fingerprint density at radius 1 is 1.25 bits per heavy atom. The van der Waals surface area contributed by atoms with Gasteiger partial charge in [0, 0.05) is 23.4 Å². The Kier molecular flexibility index (Phi) is 2.60. The molecule has 0 saturated heterocycles. The quantitative estimate of drug-likeness (QED) is 0.669. The molecular weight excluding hydrogens is 260 g/mol. The maximum Gasteiger partial charge on any atom is 0.347 e. The van der Waals surface area contributed by atoms with Crippen LogP contribution in [-0.4, -0.2) is 15.9 Å². The van der Waals surface area contributed by atoms with Gasteiger partial charge < -0.3 is 5.32 Å². The molecule has 2 heterocycles. The second kappa shape index (κ2) is 4.30. The van der Waals surface area contributed by atoms with Gasteiger partial charge in [-0.15, -0.1) is 0 Å². The van der Waals surface area contributed by atoms with Crippen LogP contribution in [0.2, 0.25) is 0 Å². The zero-order valence-electron chi connectivity index (χ0n) is 10.5. The van der Waals surface area contributed by atoms with Crippen LogP contribution in [0, 0.1) is 17.0 Å². The molecule has 20 heavy (non-hydrogen) atoms. The molecule has 99 valence electrons. The minimum absolute atomic E-state index is 0.0313. The number of nitro benzene ring substituents is 1. The number of carbonyl (C=O) groups excluding carboxylic acids is 1. The zero-order valence-corrected chi connectivity index (χ0v) is 10.5. The number of pyridine rings is 1. The molecular formula is C13H9N4O3. The van der Waals surface area contributed by atoms with Crippen molar-refractivity contribution in [2.75, 3.05) is 5.32 Å². The van der Waals surface area contributed by atoms with E-state index in [0.717, 1.165) is 11.1 Å². The molecule has 0 aliphatic carbocycles. The van der Waals surface area contributed by atoms with E-state index in [-0.39, 0.29) is 5.69 Å². The smallest absolute Gasteiger partial charge is 0.303 e. The van der Waals surface area contributed by atoms with Crippen molar-refractivity contribution in [3.63, 3.8) is 0 Å². The number of benzene rings is 1. The first-order valence-electron chi connectivity index (χ1n) is 5.84. The first-order valence-corrected chi connectivity index (χ1v) is 5.84. The molecule has 7 nitrogen and oxygen atoms in total. The lowest BCUT2D eigenvalue weighted by Crippen LogP contribution is -2.08. The molecule has 0 unspecified atom stereocenters. The Morgan fingerprint density at radius 3 is 2.60 bits per heavy atom. The van der Waals surface area contributed by atoms with Crippen LogP contribution in [0.4, 0.5) is 22.0 Å². The van der Waals surface area contributed by atoms with E-state index >= 15 is 0 Å². The summed E-state index contributed by atoms with van der Waals surface area (Å²) in [6.45, 7) is 1.80. The molecule has 0 spiro atoms. The van der Waals surface area contributed by atoms with Gasteiger partial charge in [-0.25, -0.2) is 9.78 Å². The van der Waals surface area contributed by atoms with Gasteiger partial charge in [-0.2, -0.15) is 5.32 Å². The molecule has 1 aliphatic heterocycles. The number of carbonyl (C=O) groups is 1. The molecule has 2 amide bonds. The third kappa shape index (κ3) is 1.95. The average molecular weight is 269 g/mol. The molecule has 7 heteroatoms. The number of anilines is 1. The minimum atomic E-state index is -0.448. The summed E-state index contributed by atoms with van der Waals surface area (Å²) in [5, 5.41) is 17.0. The average Bonchev–Trinajstić information content (AvgIpc) is 2.77. The third-order valence-corrected chi connectivity index (χ3v) is 3.03. The number of urea groups is 1. The van der Waals surface area contributed by atoms with Crippen molar-refractivity contribution in [2.45, 2.75) is 6.92 Å². The molecule has 0 atom stereocenters. The number of non-ortho nitro benzene ring substituents is 1. The standard InChI is InChI=1S/C13H9N4O3/c1-7-10(6-11-12(14-7)16-13(18)15-11)8-2-4-9(5-3-8)17(19)20/h2-6H,1H3,(H,15,18). The summed E-state index contributed by atoms with van der Waals surface area (Å²) < 4.78 is 0. The van der Waals surface area contributed by atoms with Crippen LogP contribution in [0.25, 0.3) is 11.1 Å². The van der Waals surface area contributed by atoms with E-state index in [1.165, 1.54) is 12.1 Å². The van der Waals surface area contributed by atoms with E-state index in [0.29, 0.717) is 17.2 Å². The fourth-order valence-corrected chi connectivity index (χ4v) is 2.06. The first kappa shape index (κ1) is 12.1. The monoisotopic (exact) mass is 269 g/mol. The number of nitrogens with one attached hydrogen (secondary N) is 1. The van der Waals surface area contributed by atoms with Crippen molar-refractivity contribution in [1.82, 2.24) is 10.3 Å². The Balaban J connectivity index is 2.04. The van der Waals surface area contributed by atoms with Gasteiger partial charge in [-0.05, 0) is 30.7 Å². The zero-order chi connectivity index (χ0) is 14.3. The molecule has 1 aromatic heterocycles. The maximum atomic E-state index is 11.2. The molecule has 0 fully saturated rings. The highest BCUT2D eigenvalue weighted by Gasteiger charge is 2.22. The van der Waals surface area contributed by atoms with Crippen molar-refractivity contribution in [1.29, 1.82) is 0 Å². The minimum Gasteiger partial charge on any atom is -0.303 e. The molecule has 1 N–H and O–H groups in total. The van der Waals surface area contributed by atoms with Crippen molar-refractivity contribution >= 4 is 23.2 Å². The summed E-state index contributed by atoms with van der Waals surface area (Å²) in [5.74, 6) is 0.373. The number of nitro groups is 1. The topological polar surface area (TPSA) is 99.2 Å². The Hall–Kier alpha value is -2.96. The SMILES string of the molecule is Cc1nc2c(cc1-c1ccc([N+](=O)[O-])cc1)NC(=O)[N]2. The van der Waals surface area contributed by atoms with Gasteiger partial charge in [0.1, 0.15) is 0 Å². The molecule has 1 aliphatic rings. The van der Waals surface area contributed by atoms with E-state index < -0.39 is 11.0 Å². The molecule has 0 bridgehead atoms. The largest absolute Gasteiger partial charge is 0.347 e. The summed E-state index contributed by atoms with van der Waals surface area (Å²) >= 11 is 0. The second-order valence-electron chi connectivity index (χ2n) is 4.34. The number of hydrogen-bond acceptors (Lipinski definition) is 4. The van der Waals surface area contributed by atoms with Crippen LogP contribution in [-0.2, 0) is 0 Å². The van der Waals surface area contributed by atoms with Crippen molar-refractivity contribution < 1.29 is 9.72 Å². The molecule has 1 radical (unpaired) electrons. The predicted octanol–water partition coefficient (Wildman–Crippen LogP) is 2.75. The first-order chi connectivity index (χ1) is 9.54. The Bertz CT molecular complexity index is 725. The van der Waals surface area contributed by atoms with Gasteiger partial charge in [0.05, 0.1) is 10.6 Å². The van der Waals surface area contributed by atoms with Crippen LogP contribution >= 0.6 is 0 Å². The van der Waals surface area contributed by atoms with Gasteiger partial charge in [-0.3, -0.25) is 10.1 Å². The molecule has 0 saturated carbocycles. The highest BCUT2D eigenvalue weighted by atomic mass is 16.6. The number of aromatic nitrogens is 1. The van der Waals surface area contributed by atoms with Gasteiger partial charge in [0.25, 0.3) is 5.69 Å². The van der Waals surface area contributed by atoms with Gasteiger partial charge in [0.15, 0.2) is 5.82 Å². The van der Waals surface area contributed by atoms with E-state index in [1.54, 1.807) is 25.1 Å². The number of aryl methyl sites for hydroxylation is 1. The lowest BCUT2D eigenvalue weighted by atomic mass is 10.0.